The topological polar surface area (TPSA) is 122 Å². The number of carbonyl (C=O) groups excluding carboxylic acids is 1. The van der Waals surface area contributed by atoms with E-state index in [1.54, 1.807) is 0 Å². The minimum absolute atomic E-state index is 0.145. The number of carbonyl (C=O) groups is 1. The van der Waals surface area contributed by atoms with Crippen LogP contribution in [0.25, 0.3) is 0 Å². The first kappa shape index (κ1) is 11.4. The van der Waals surface area contributed by atoms with Crippen molar-refractivity contribution in [3.05, 3.63) is 29.8 Å². The lowest BCUT2D eigenvalue weighted by Crippen LogP contribution is -2.29. The number of nitrogens with one attached hydrogen (secondary N) is 2. The van der Waals surface area contributed by atoms with Crippen molar-refractivity contribution in [2.24, 2.45) is 5.84 Å². The van der Waals surface area contributed by atoms with Gasteiger partial charge in [0.15, 0.2) is 0 Å². The van der Waals surface area contributed by atoms with Crippen LogP contribution in [0.2, 0.25) is 0 Å². The van der Waals surface area contributed by atoms with Crippen LogP contribution < -0.4 is 16.0 Å². The van der Waals surface area contributed by atoms with Crippen LogP contribution in [0.3, 0.4) is 0 Å². The van der Waals surface area contributed by atoms with Crippen molar-refractivity contribution < 1.29 is 17.8 Å². The molecule has 0 unspecified atom stereocenters. The lowest BCUT2D eigenvalue weighted by molar-refractivity contribution is 0.0953. The van der Waals surface area contributed by atoms with Crippen LogP contribution in [-0.2, 0) is 10.3 Å². The summed E-state index contributed by atoms with van der Waals surface area (Å²) in [5, 5.41) is 0. The van der Waals surface area contributed by atoms with E-state index in [-0.39, 0.29) is 11.3 Å². The smallest absolute Gasteiger partial charge is 0.290 e. The number of benzene rings is 1. The molecule has 1 aromatic rings. The minimum atomic E-state index is -4.29. The molecule has 1 rings (SSSR count). The number of anilines is 1. The fraction of sp³-hybridized carbons (Fsp3) is 0. The van der Waals surface area contributed by atoms with Gasteiger partial charge in [0.2, 0.25) is 0 Å². The number of hydrogen-bond donors (Lipinski definition) is 4. The molecule has 0 bridgehead atoms. The van der Waals surface area contributed by atoms with E-state index in [1.807, 2.05) is 10.1 Å². The molecule has 1 aromatic carbocycles. The van der Waals surface area contributed by atoms with E-state index in [0.29, 0.717) is 0 Å². The van der Waals surface area contributed by atoms with Crippen LogP contribution in [0.1, 0.15) is 10.4 Å². The Kier molecular flexibility index (Phi) is 3.24. The summed E-state index contributed by atoms with van der Waals surface area (Å²) in [6, 6.07) is 5.35. The predicted molar refractivity (Wildman–Crippen MR) is 53.3 cm³/mol. The third kappa shape index (κ3) is 3.54. The second-order valence-corrected chi connectivity index (χ2v) is 3.78. The molecule has 1 amide bonds. The SMILES string of the molecule is NNC(=O)c1ccc(NS(=O)(=O)O)cc1. The van der Waals surface area contributed by atoms with E-state index in [2.05, 4.69) is 0 Å². The van der Waals surface area contributed by atoms with Crippen LogP contribution in [0.4, 0.5) is 5.69 Å². The van der Waals surface area contributed by atoms with Crippen molar-refractivity contribution >= 4 is 21.9 Å². The Bertz CT molecular complexity index is 454. The Labute approximate surface area is 86.1 Å². The maximum absolute atomic E-state index is 11.0. The lowest BCUT2D eigenvalue weighted by Gasteiger charge is -2.03. The zero-order valence-electron chi connectivity index (χ0n) is 7.47. The molecule has 0 aliphatic heterocycles. The van der Waals surface area contributed by atoms with Gasteiger partial charge in [0, 0.05) is 5.56 Å². The second kappa shape index (κ2) is 4.26. The highest BCUT2D eigenvalue weighted by Gasteiger charge is 2.05. The van der Waals surface area contributed by atoms with E-state index in [1.165, 1.54) is 24.3 Å². The van der Waals surface area contributed by atoms with E-state index >= 15 is 0 Å². The van der Waals surface area contributed by atoms with Crippen LogP contribution in [0, 0.1) is 0 Å². The molecule has 0 atom stereocenters. The summed E-state index contributed by atoms with van der Waals surface area (Å²) in [5.74, 6) is 4.40. The van der Waals surface area contributed by atoms with E-state index in [0.717, 1.165) is 0 Å². The Morgan fingerprint density at radius 1 is 1.27 bits per heavy atom. The highest BCUT2D eigenvalue weighted by Crippen LogP contribution is 2.10. The van der Waals surface area contributed by atoms with Gasteiger partial charge in [-0.1, -0.05) is 0 Å². The van der Waals surface area contributed by atoms with Gasteiger partial charge in [-0.2, -0.15) is 8.42 Å². The van der Waals surface area contributed by atoms with Gasteiger partial charge < -0.3 is 0 Å². The molecule has 0 aromatic heterocycles. The van der Waals surface area contributed by atoms with Crippen LogP contribution in [-0.4, -0.2) is 18.9 Å². The van der Waals surface area contributed by atoms with Gasteiger partial charge in [-0.3, -0.25) is 19.5 Å². The summed E-state index contributed by atoms with van der Waals surface area (Å²) in [6.45, 7) is 0. The van der Waals surface area contributed by atoms with Crippen LogP contribution >= 0.6 is 0 Å². The minimum Gasteiger partial charge on any atom is -0.290 e. The van der Waals surface area contributed by atoms with E-state index < -0.39 is 16.2 Å². The molecule has 0 spiro atoms. The molecule has 0 fully saturated rings. The van der Waals surface area contributed by atoms with Gasteiger partial charge in [0.05, 0.1) is 5.69 Å². The summed E-state index contributed by atoms with van der Waals surface area (Å²) in [4.78, 5) is 11.0. The molecule has 0 saturated carbocycles. The fourth-order valence-corrected chi connectivity index (χ4v) is 1.36. The average molecular weight is 231 g/mol. The monoisotopic (exact) mass is 231 g/mol. The second-order valence-electron chi connectivity index (χ2n) is 2.63. The van der Waals surface area contributed by atoms with E-state index in [9.17, 15) is 13.2 Å². The zero-order chi connectivity index (χ0) is 11.5. The van der Waals surface area contributed by atoms with Crippen LogP contribution in [0.5, 0.6) is 0 Å². The lowest BCUT2D eigenvalue weighted by atomic mass is 10.2. The summed E-state index contributed by atoms with van der Waals surface area (Å²) >= 11 is 0. The van der Waals surface area contributed by atoms with Gasteiger partial charge in [-0.15, -0.1) is 0 Å². The summed E-state index contributed by atoms with van der Waals surface area (Å²) < 4.78 is 31.1. The number of rotatable bonds is 3. The maximum Gasteiger partial charge on any atom is 0.357 e. The number of amides is 1. The van der Waals surface area contributed by atoms with Crippen molar-refractivity contribution in [2.75, 3.05) is 4.72 Å². The quantitative estimate of drug-likeness (QED) is 0.242. The van der Waals surface area contributed by atoms with Gasteiger partial charge in [-0.05, 0) is 24.3 Å². The average Bonchev–Trinajstić information content (AvgIpc) is 2.15. The highest BCUT2D eigenvalue weighted by atomic mass is 32.2. The van der Waals surface area contributed by atoms with Crippen molar-refractivity contribution in [1.82, 2.24) is 5.43 Å². The number of hydrazine groups is 1. The van der Waals surface area contributed by atoms with Gasteiger partial charge in [-0.25, -0.2) is 5.84 Å². The van der Waals surface area contributed by atoms with Crippen molar-refractivity contribution in [3.8, 4) is 0 Å². The maximum atomic E-state index is 11.0. The zero-order valence-corrected chi connectivity index (χ0v) is 8.28. The number of nitrogen functional groups attached to an aromatic ring is 1. The molecule has 82 valence electrons. The molecule has 15 heavy (non-hydrogen) atoms. The van der Waals surface area contributed by atoms with E-state index in [4.69, 9.17) is 10.4 Å². The standard InChI is InChI=1S/C7H9N3O4S/c8-9-7(11)5-1-3-6(4-2-5)10-15(12,13)14/h1-4,10H,8H2,(H,9,11)(H,12,13,14). The fourth-order valence-electron chi connectivity index (χ4n) is 0.922. The molecule has 5 N–H and O–H groups in total. The molecule has 0 aliphatic rings. The summed E-state index contributed by atoms with van der Waals surface area (Å²) in [7, 11) is -4.29. The predicted octanol–water partition coefficient (Wildman–Crippen LogP) is -0.495. The Balaban J connectivity index is 2.86. The Hall–Kier alpha value is -1.64. The van der Waals surface area contributed by atoms with Gasteiger partial charge in [0.25, 0.3) is 5.91 Å². The first-order valence-corrected chi connectivity index (χ1v) is 5.22. The number of hydrogen-bond acceptors (Lipinski definition) is 4. The molecular formula is C7H9N3O4S. The first-order chi connectivity index (χ1) is 6.92. The number of nitrogens with two attached hydrogens (primary N) is 1. The molecule has 0 radical (unpaired) electrons. The molecule has 0 saturated heterocycles. The van der Waals surface area contributed by atoms with Crippen molar-refractivity contribution in [3.63, 3.8) is 0 Å². The third-order valence-corrected chi connectivity index (χ3v) is 2.02. The first-order valence-electron chi connectivity index (χ1n) is 3.78. The Morgan fingerprint density at radius 2 is 1.80 bits per heavy atom. The molecule has 8 heteroatoms. The Morgan fingerprint density at radius 3 is 2.20 bits per heavy atom. The molecule has 0 aliphatic carbocycles. The summed E-state index contributed by atoms with van der Waals surface area (Å²) in [5.41, 5.74) is 2.34. The van der Waals surface area contributed by atoms with Crippen LogP contribution in [0.15, 0.2) is 24.3 Å². The van der Waals surface area contributed by atoms with Crippen molar-refractivity contribution in [2.45, 2.75) is 0 Å². The third-order valence-electron chi connectivity index (χ3n) is 1.53. The normalized spacial score (nSPS) is 10.8. The van der Waals surface area contributed by atoms with Crippen molar-refractivity contribution in [1.29, 1.82) is 0 Å². The molecule has 7 nitrogen and oxygen atoms in total. The molecular weight excluding hydrogens is 222 g/mol. The molecule has 0 heterocycles. The highest BCUT2D eigenvalue weighted by molar-refractivity contribution is 7.87. The van der Waals surface area contributed by atoms with Gasteiger partial charge in [0.1, 0.15) is 0 Å². The van der Waals surface area contributed by atoms with Gasteiger partial charge >= 0.3 is 10.3 Å². The largest absolute Gasteiger partial charge is 0.357 e. The summed E-state index contributed by atoms with van der Waals surface area (Å²) in [6.07, 6.45) is 0.